The lowest BCUT2D eigenvalue weighted by atomic mass is 9.94. The Labute approximate surface area is 223 Å². The summed E-state index contributed by atoms with van der Waals surface area (Å²) in [5.74, 6) is 0. The molecule has 7 aromatic rings. The molecule has 0 radical (unpaired) electrons. The fourth-order valence-electron chi connectivity index (χ4n) is 5.67. The second-order valence-corrected chi connectivity index (χ2v) is 9.89. The molecule has 1 heterocycles. The molecule has 0 N–H and O–H groups in total. The maximum atomic E-state index is 2.45. The van der Waals surface area contributed by atoms with Crippen molar-refractivity contribution in [1.29, 1.82) is 0 Å². The van der Waals surface area contributed by atoms with Gasteiger partial charge in [-0.15, -0.1) is 0 Å². The van der Waals surface area contributed by atoms with E-state index < -0.39 is 0 Å². The quantitative estimate of drug-likeness (QED) is 0.234. The predicted octanol–water partition coefficient (Wildman–Crippen LogP) is 10.1. The average Bonchev–Trinajstić information content (AvgIpc) is 3.32. The van der Waals surface area contributed by atoms with Crippen LogP contribution in [0.1, 0.15) is 5.56 Å². The van der Waals surface area contributed by atoms with Gasteiger partial charge in [-0.25, -0.2) is 0 Å². The molecule has 6 aromatic carbocycles. The molecular formula is C37H27N. The topological polar surface area (TPSA) is 4.93 Å². The van der Waals surface area contributed by atoms with E-state index in [4.69, 9.17) is 0 Å². The van der Waals surface area contributed by atoms with Crippen molar-refractivity contribution in [2.45, 2.75) is 6.92 Å². The molecule has 0 atom stereocenters. The van der Waals surface area contributed by atoms with Gasteiger partial charge >= 0.3 is 0 Å². The number of hydrogen-bond acceptors (Lipinski definition) is 0. The van der Waals surface area contributed by atoms with Gasteiger partial charge in [-0.2, -0.15) is 0 Å². The summed E-state index contributed by atoms with van der Waals surface area (Å²) in [7, 11) is 0. The van der Waals surface area contributed by atoms with Gasteiger partial charge in [0.1, 0.15) is 0 Å². The molecule has 0 saturated carbocycles. The number of rotatable bonds is 4. The highest BCUT2D eigenvalue weighted by Crippen LogP contribution is 2.43. The maximum Gasteiger partial charge on any atom is 0.0625 e. The standard InChI is InChI=1S/C37H27N/c1-26-17-24-35-34(25-26)36-32(29-13-7-3-8-14-29)22-23-33(30-15-9-4-10-16-30)37(36)38(35)31-20-18-28(19-21-31)27-11-5-2-6-12-27/h2-25H,1H3. The third-order valence-corrected chi connectivity index (χ3v) is 7.47. The van der Waals surface area contributed by atoms with Gasteiger partial charge in [0.05, 0.1) is 11.0 Å². The molecule has 0 aliphatic rings. The van der Waals surface area contributed by atoms with Crippen LogP contribution in [0.5, 0.6) is 0 Å². The minimum absolute atomic E-state index is 1.16. The van der Waals surface area contributed by atoms with E-state index in [0.29, 0.717) is 0 Å². The van der Waals surface area contributed by atoms with Crippen LogP contribution in [0.25, 0.3) is 60.9 Å². The molecule has 0 unspecified atom stereocenters. The van der Waals surface area contributed by atoms with Crippen molar-refractivity contribution in [2.24, 2.45) is 0 Å². The molecule has 0 fully saturated rings. The smallest absolute Gasteiger partial charge is 0.0625 e. The molecule has 0 bridgehead atoms. The maximum absolute atomic E-state index is 2.45. The SMILES string of the molecule is Cc1ccc2c(c1)c1c(-c3ccccc3)ccc(-c3ccccc3)c1n2-c1ccc(-c2ccccc2)cc1. The van der Waals surface area contributed by atoms with Crippen LogP contribution in [0.2, 0.25) is 0 Å². The molecule has 38 heavy (non-hydrogen) atoms. The highest BCUT2D eigenvalue weighted by Gasteiger charge is 2.20. The Balaban J connectivity index is 1.59. The lowest BCUT2D eigenvalue weighted by Crippen LogP contribution is -1.96. The van der Waals surface area contributed by atoms with Crippen molar-refractivity contribution < 1.29 is 0 Å². The van der Waals surface area contributed by atoms with E-state index >= 15 is 0 Å². The summed E-state index contributed by atoms with van der Waals surface area (Å²) in [6.45, 7) is 2.18. The summed E-state index contributed by atoms with van der Waals surface area (Å²) in [5.41, 5.74) is 12.3. The molecule has 0 aliphatic carbocycles. The van der Waals surface area contributed by atoms with Crippen LogP contribution in [0.3, 0.4) is 0 Å². The zero-order valence-corrected chi connectivity index (χ0v) is 21.3. The highest BCUT2D eigenvalue weighted by atomic mass is 15.0. The van der Waals surface area contributed by atoms with E-state index in [-0.39, 0.29) is 0 Å². The van der Waals surface area contributed by atoms with E-state index in [1.54, 1.807) is 0 Å². The first-order valence-corrected chi connectivity index (χ1v) is 13.1. The number of fused-ring (bicyclic) bond motifs is 3. The first-order valence-electron chi connectivity index (χ1n) is 13.1. The van der Waals surface area contributed by atoms with Gasteiger partial charge in [-0.05, 0) is 59.0 Å². The lowest BCUT2D eigenvalue weighted by molar-refractivity contribution is 1.18. The molecule has 1 aromatic heterocycles. The van der Waals surface area contributed by atoms with E-state index in [1.807, 2.05) is 0 Å². The Bertz CT molecular complexity index is 1880. The summed E-state index contributed by atoms with van der Waals surface area (Å²) in [6.07, 6.45) is 0. The number of nitrogens with zero attached hydrogens (tertiary/aromatic N) is 1. The Morgan fingerprint density at radius 2 is 0.974 bits per heavy atom. The number of hydrogen-bond donors (Lipinski definition) is 0. The van der Waals surface area contributed by atoms with Crippen molar-refractivity contribution in [3.05, 3.63) is 151 Å². The van der Waals surface area contributed by atoms with Gasteiger partial charge in [0.15, 0.2) is 0 Å². The Hall–Kier alpha value is -4.88. The zero-order valence-electron chi connectivity index (χ0n) is 21.3. The van der Waals surface area contributed by atoms with Crippen LogP contribution in [-0.2, 0) is 0 Å². The molecule has 0 aliphatic heterocycles. The van der Waals surface area contributed by atoms with Gasteiger partial charge < -0.3 is 4.57 Å². The van der Waals surface area contributed by atoms with Crippen molar-refractivity contribution in [3.63, 3.8) is 0 Å². The molecule has 0 spiro atoms. The first-order chi connectivity index (χ1) is 18.8. The Morgan fingerprint density at radius 3 is 1.61 bits per heavy atom. The molecular weight excluding hydrogens is 458 g/mol. The summed E-state index contributed by atoms with van der Waals surface area (Å²) in [4.78, 5) is 0. The van der Waals surface area contributed by atoms with Gasteiger partial charge in [0.25, 0.3) is 0 Å². The average molecular weight is 486 g/mol. The molecule has 180 valence electrons. The molecule has 7 rings (SSSR count). The van der Waals surface area contributed by atoms with Crippen LogP contribution < -0.4 is 0 Å². The van der Waals surface area contributed by atoms with E-state index in [0.717, 1.165) is 5.69 Å². The van der Waals surface area contributed by atoms with E-state index in [2.05, 4.69) is 157 Å². The van der Waals surface area contributed by atoms with Crippen LogP contribution in [0.15, 0.2) is 146 Å². The minimum atomic E-state index is 1.16. The van der Waals surface area contributed by atoms with Crippen molar-refractivity contribution >= 4 is 21.8 Å². The minimum Gasteiger partial charge on any atom is -0.309 e. The monoisotopic (exact) mass is 485 g/mol. The third-order valence-electron chi connectivity index (χ3n) is 7.47. The van der Waals surface area contributed by atoms with Crippen molar-refractivity contribution in [2.75, 3.05) is 0 Å². The Morgan fingerprint density at radius 1 is 0.447 bits per heavy atom. The van der Waals surface area contributed by atoms with Gasteiger partial charge in [-0.3, -0.25) is 0 Å². The Kier molecular flexibility index (Phi) is 5.41. The fourth-order valence-corrected chi connectivity index (χ4v) is 5.67. The fraction of sp³-hybridized carbons (Fsp3) is 0.0270. The molecule has 1 heteroatoms. The van der Waals surface area contributed by atoms with Crippen LogP contribution in [0.4, 0.5) is 0 Å². The van der Waals surface area contributed by atoms with Gasteiger partial charge in [0, 0.05) is 22.0 Å². The van der Waals surface area contributed by atoms with Crippen LogP contribution in [0, 0.1) is 6.92 Å². The van der Waals surface area contributed by atoms with Crippen molar-refractivity contribution in [1.82, 2.24) is 4.57 Å². The zero-order chi connectivity index (χ0) is 25.5. The largest absolute Gasteiger partial charge is 0.309 e. The van der Waals surface area contributed by atoms with E-state index in [1.165, 1.54) is 60.8 Å². The summed E-state index contributed by atoms with van der Waals surface area (Å²) < 4.78 is 2.45. The first kappa shape index (κ1) is 22.3. The number of benzene rings is 6. The van der Waals surface area contributed by atoms with E-state index in [9.17, 15) is 0 Å². The van der Waals surface area contributed by atoms with Gasteiger partial charge in [-0.1, -0.05) is 127 Å². The second-order valence-electron chi connectivity index (χ2n) is 9.89. The highest BCUT2D eigenvalue weighted by molar-refractivity contribution is 6.19. The molecule has 0 amide bonds. The molecule has 0 saturated heterocycles. The van der Waals surface area contributed by atoms with Crippen molar-refractivity contribution in [3.8, 4) is 39.1 Å². The summed E-state index contributed by atoms with van der Waals surface area (Å²) in [5, 5.41) is 2.58. The lowest BCUT2D eigenvalue weighted by Gasteiger charge is -2.14. The van der Waals surface area contributed by atoms with Gasteiger partial charge in [0.2, 0.25) is 0 Å². The number of aryl methyl sites for hydroxylation is 1. The third kappa shape index (κ3) is 3.72. The predicted molar refractivity (Wildman–Crippen MR) is 162 cm³/mol. The van der Waals surface area contributed by atoms with Crippen LogP contribution >= 0.6 is 0 Å². The summed E-state index contributed by atoms with van der Waals surface area (Å²) in [6, 6.07) is 52.5. The number of aromatic nitrogens is 1. The summed E-state index contributed by atoms with van der Waals surface area (Å²) >= 11 is 0. The van der Waals surface area contributed by atoms with Crippen LogP contribution in [-0.4, -0.2) is 4.57 Å². The molecule has 1 nitrogen and oxygen atoms in total. The second kappa shape index (κ2) is 9.21. The normalized spacial score (nSPS) is 11.3.